The van der Waals surface area contributed by atoms with Crippen LogP contribution < -0.4 is 32.8 Å². The average molecular weight is 1760 g/mol. The smallest absolute Gasteiger partial charge is 0.325 e. The number of hydrogen-bond donors (Lipinski definition) is 0. The average Bonchev–Trinajstić information content (AvgIpc) is 0.748. The highest BCUT2D eigenvalue weighted by atomic mass is 19.2. The van der Waals surface area contributed by atoms with Gasteiger partial charge in [-0.2, -0.15) is 0 Å². The molecule has 0 heterocycles. The van der Waals surface area contributed by atoms with Crippen LogP contribution in [0, 0.1) is 272 Å². The van der Waals surface area contributed by atoms with Gasteiger partial charge in [-0.15, -0.1) is 107 Å². The Bertz CT molecular complexity index is 3730. The standard InChI is InChI=1S/3C12B2F4N6.6C8H20N/c3*15-9-7(13(1-19,2-20)3-21)10(16)12(18)8(11(9)17)14(4-22,5-23)6-24;6*1-5-9(6-2,7-3)8-4/h;;;6*5-8H2,1-4H3/q3*-2;6*+1. The molecule has 42 heteroatoms. The lowest BCUT2D eigenvalue weighted by Gasteiger charge is -2.34. The van der Waals surface area contributed by atoms with Crippen LogP contribution in [-0.2, 0) is 0 Å². The summed E-state index contributed by atoms with van der Waals surface area (Å²) in [7, 11) is 0. The van der Waals surface area contributed by atoms with Gasteiger partial charge in [0.25, 0.3) is 0 Å². The van der Waals surface area contributed by atoms with Gasteiger partial charge in [0.05, 0.1) is 157 Å². The lowest BCUT2D eigenvalue weighted by Crippen LogP contribution is -2.56. The van der Waals surface area contributed by atoms with Crippen molar-refractivity contribution >= 4 is 69.7 Å². The maximum absolute atomic E-state index is 14.2. The van der Waals surface area contributed by atoms with Crippen LogP contribution >= 0.6 is 0 Å². The highest BCUT2D eigenvalue weighted by molar-refractivity contribution is 7.12. The van der Waals surface area contributed by atoms with E-state index >= 15 is 0 Å². The fraction of sp³-hybridized carbons (Fsp3) is 0.571. The molecule has 0 bridgehead atoms. The Hall–Kier alpha value is -12.2. The van der Waals surface area contributed by atoms with Gasteiger partial charge in [-0.25, -0.2) is 147 Å². The molecule has 3 aromatic carbocycles. The van der Waals surface area contributed by atoms with Crippen LogP contribution in [0.5, 0.6) is 0 Å². The molecule has 0 fully saturated rings. The molecule has 0 aliphatic carbocycles. The van der Waals surface area contributed by atoms with Crippen molar-refractivity contribution in [1.29, 1.82) is 94.7 Å². The number of nitrogens with zero attached hydrogens (tertiary/aromatic N) is 24. The maximum atomic E-state index is 14.2. The largest absolute Gasteiger partial charge is 0.327 e. The summed E-state index contributed by atoms with van der Waals surface area (Å²) in [5, 5.41) is 159. The van der Waals surface area contributed by atoms with E-state index in [-0.39, 0.29) is 0 Å². The summed E-state index contributed by atoms with van der Waals surface area (Å²) in [6.45, 7) is 85.3. The van der Waals surface area contributed by atoms with E-state index in [1.54, 1.807) is 0 Å². The van der Waals surface area contributed by atoms with Crippen LogP contribution in [0.25, 0.3) is 0 Å². The van der Waals surface area contributed by atoms with E-state index in [1.165, 1.54) is 184 Å². The zero-order chi connectivity index (χ0) is 100. The van der Waals surface area contributed by atoms with Gasteiger partial charge >= 0.3 is 36.9 Å². The number of quaternary nitrogens is 6. The Morgan fingerprint density at radius 3 is 0.206 bits per heavy atom. The minimum atomic E-state index is -3.98. The number of nitriles is 18. The number of hydrogen-bond acceptors (Lipinski definition) is 18. The molecule has 0 saturated heterocycles. The fourth-order valence-electron chi connectivity index (χ4n) is 14.0. The zero-order valence-corrected chi connectivity index (χ0v) is 77.7. The van der Waals surface area contributed by atoms with Crippen molar-refractivity contribution in [2.45, 2.75) is 166 Å². The van der Waals surface area contributed by atoms with E-state index in [2.05, 4.69) is 166 Å². The van der Waals surface area contributed by atoms with Crippen molar-refractivity contribution < 1.29 is 79.6 Å². The van der Waals surface area contributed by atoms with Crippen LogP contribution in [-0.4, -0.2) is 221 Å². The fourth-order valence-corrected chi connectivity index (χ4v) is 14.0. The van der Waals surface area contributed by atoms with Gasteiger partial charge in [-0.3, -0.25) is 0 Å². The molecule has 0 amide bonds. The third kappa shape index (κ3) is 27.9. The van der Waals surface area contributed by atoms with Crippen molar-refractivity contribution in [3.05, 3.63) is 69.8 Å². The number of halogens is 12. The van der Waals surface area contributed by atoms with Gasteiger partial charge in [-0.1, -0.05) is 32.8 Å². The van der Waals surface area contributed by atoms with Crippen molar-refractivity contribution in [1.82, 2.24) is 0 Å². The van der Waals surface area contributed by atoms with Crippen molar-refractivity contribution in [3.63, 3.8) is 0 Å². The molecule has 0 radical (unpaired) electrons. The molecule has 24 nitrogen and oxygen atoms in total. The predicted molar refractivity (Wildman–Crippen MR) is 467 cm³/mol. The van der Waals surface area contributed by atoms with E-state index in [9.17, 15) is 52.7 Å². The molecule has 126 heavy (non-hydrogen) atoms. The van der Waals surface area contributed by atoms with Crippen LogP contribution in [0.15, 0.2) is 0 Å². The molecular formula is C84H120B6F12N24. The Morgan fingerprint density at radius 2 is 0.183 bits per heavy atom. The second-order valence-electron chi connectivity index (χ2n) is 29.4. The summed E-state index contributed by atoms with van der Waals surface area (Å²) in [6.07, 6.45) is -23.9. The van der Waals surface area contributed by atoms with E-state index in [1.807, 2.05) is 0 Å². The Labute approximate surface area is 740 Å². The summed E-state index contributed by atoms with van der Waals surface area (Å²) in [4.78, 5) is 0. The third-order valence-corrected chi connectivity index (χ3v) is 26.2. The van der Waals surface area contributed by atoms with Gasteiger partial charge in [-0.05, 0) is 166 Å². The molecule has 0 aromatic heterocycles. The van der Waals surface area contributed by atoms with Crippen LogP contribution in [0.3, 0.4) is 0 Å². The molecule has 678 valence electrons. The van der Waals surface area contributed by atoms with E-state index in [0.717, 1.165) is 107 Å². The van der Waals surface area contributed by atoms with Gasteiger partial charge < -0.3 is 26.9 Å². The molecular weight excluding hydrogens is 1640 g/mol. The molecule has 0 unspecified atom stereocenters. The molecule has 0 spiro atoms. The third-order valence-electron chi connectivity index (χ3n) is 26.2. The quantitative estimate of drug-likeness (QED) is 0.0259. The summed E-state index contributed by atoms with van der Waals surface area (Å²) >= 11 is 0. The van der Waals surface area contributed by atoms with Crippen molar-refractivity contribution in [2.75, 3.05) is 157 Å². The lowest BCUT2D eigenvalue weighted by atomic mass is 9.23. The minimum absolute atomic E-state index is 1.00. The summed E-state index contributed by atoms with van der Waals surface area (Å²) < 4.78 is 178. The Kier molecular flexibility index (Phi) is 57.4. The van der Waals surface area contributed by atoms with Gasteiger partial charge in [0.15, 0.2) is 0 Å². The van der Waals surface area contributed by atoms with E-state index in [0.29, 0.717) is 0 Å². The first kappa shape index (κ1) is 125. The number of rotatable bonds is 30. The Balaban J connectivity index is -0.000000335. The lowest BCUT2D eigenvalue weighted by molar-refractivity contribution is -0.921. The van der Waals surface area contributed by atoms with E-state index in [4.69, 9.17) is 94.7 Å². The van der Waals surface area contributed by atoms with Gasteiger partial charge in [0.2, 0.25) is 0 Å². The van der Waals surface area contributed by atoms with Crippen molar-refractivity contribution in [2.24, 2.45) is 0 Å². The first-order valence-corrected chi connectivity index (χ1v) is 42.3. The molecule has 0 N–H and O–H groups in total. The van der Waals surface area contributed by atoms with Crippen LogP contribution in [0.1, 0.15) is 166 Å². The zero-order valence-electron chi connectivity index (χ0n) is 77.7. The first-order valence-electron chi connectivity index (χ1n) is 42.3. The number of benzene rings is 3. The summed E-state index contributed by atoms with van der Waals surface area (Å²) in [5.74, 6) is -9.41. The highest BCUT2D eigenvalue weighted by Gasteiger charge is 2.45. The summed E-state index contributed by atoms with van der Waals surface area (Å²) in [6, 6.07) is 0. The SMILES string of the molecule is CC[N+](CC)(CC)CC.CC[N+](CC)(CC)CC.CC[N+](CC)(CC)CC.CC[N+](CC)(CC)CC.CC[N+](CC)(CC)CC.CC[N+](CC)(CC)CC.N#C[B-](C#N)(C#N)c1c(F)c(F)c([B-](C#N)(C#N)C#N)c(F)c1F.N#C[B-](C#N)(C#N)c1c(F)c(F)c([B-](C#N)(C#N)C#N)c(F)c1F.N#C[B-](C#N)(C#N)c1c(F)c(F)c([B-](C#N)(C#N)C#N)c(F)c1F. The van der Waals surface area contributed by atoms with Crippen LogP contribution in [0.2, 0.25) is 0 Å². The van der Waals surface area contributed by atoms with E-state index < -0.39 is 139 Å². The molecule has 0 atom stereocenters. The second-order valence-corrected chi connectivity index (χ2v) is 29.4. The molecule has 0 aliphatic heterocycles. The van der Waals surface area contributed by atoms with Crippen molar-refractivity contribution in [3.8, 4) is 107 Å². The highest BCUT2D eigenvalue weighted by Crippen LogP contribution is 2.23. The van der Waals surface area contributed by atoms with Gasteiger partial charge in [0, 0.05) is 0 Å². The van der Waals surface area contributed by atoms with Gasteiger partial charge in [0.1, 0.15) is 69.8 Å². The Morgan fingerprint density at radius 1 is 0.135 bits per heavy atom. The summed E-state index contributed by atoms with van der Waals surface area (Å²) in [5.41, 5.74) is -10.6. The second kappa shape index (κ2) is 58.1. The van der Waals surface area contributed by atoms with Crippen LogP contribution in [0.4, 0.5) is 52.7 Å². The minimum Gasteiger partial charge on any atom is -0.325 e. The predicted octanol–water partition coefficient (Wildman–Crippen LogP) is 11.1. The molecule has 0 saturated carbocycles. The first-order chi connectivity index (χ1) is 59.2. The topological polar surface area (TPSA) is 428 Å². The molecule has 0 aliphatic rings. The normalized spacial score (nSPS) is 11.0. The monoisotopic (exact) mass is 1760 g/mol. The molecule has 3 rings (SSSR count). The maximum Gasteiger partial charge on any atom is 0.327 e. The molecule has 3 aromatic rings.